The predicted molar refractivity (Wildman–Crippen MR) is 216 cm³/mol. The highest BCUT2D eigenvalue weighted by Crippen LogP contribution is 2.41. The molecular formula is C48H33NO2Si. The second-order valence-corrected chi connectivity index (χ2v) is 16.9. The molecule has 0 N–H and O–H groups in total. The Kier molecular flexibility index (Phi) is 7.15. The van der Waals surface area contributed by atoms with Crippen molar-refractivity contribution in [2.45, 2.75) is 0 Å². The van der Waals surface area contributed by atoms with Gasteiger partial charge in [-0.15, -0.1) is 0 Å². The fourth-order valence-corrected chi connectivity index (χ4v) is 13.2. The minimum Gasteiger partial charge on any atom is -0.458 e. The maximum absolute atomic E-state index is 6.84. The van der Waals surface area contributed by atoms with Gasteiger partial charge < -0.3 is 14.4 Å². The number of hydrogen-bond acceptors (Lipinski definition) is 3. The van der Waals surface area contributed by atoms with Gasteiger partial charge in [-0.2, -0.15) is 0 Å². The molecular weight excluding hydrogens is 651 g/mol. The first-order valence-corrected chi connectivity index (χ1v) is 19.7. The van der Waals surface area contributed by atoms with E-state index in [0.29, 0.717) is 0 Å². The fraction of sp³-hybridized carbons (Fsp3) is 0. The van der Waals surface area contributed by atoms with Gasteiger partial charge in [0, 0.05) is 17.1 Å². The summed E-state index contributed by atoms with van der Waals surface area (Å²) in [5.74, 6) is 3.58. The number of fused-ring (bicyclic) bond motifs is 8. The first kappa shape index (κ1) is 30.2. The predicted octanol–water partition coefficient (Wildman–Crippen LogP) is 10.1. The molecule has 0 bridgehead atoms. The molecule has 4 heteroatoms. The lowest BCUT2D eigenvalue weighted by molar-refractivity contribution is 0.482. The summed E-state index contributed by atoms with van der Waals surface area (Å²) in [5.41, 5.74) is 7.96. The zero-order valence-corrected chi connectivity index (χ0v) is 29.3. The summed E-state index contributed by atoms with van der Waals surface area (Å²) in [7, 11) is -3.03. The molecule has 52 heavy (non-hydrogen) atoms. The molecule has 3 nitrogen and oxygen atoms in total. The van der Waals surface area contributed by atoms with Crippen LogP contribution in [-0.2, 0) is 0 Å². The topological polar surface area (TPSA) is 21.7 Å². The number of benzene rings is 8. The van der Waals surface area contributed by atoms with E-state index in [1.807, 2.05) is 0 Å². The van der Waals surface area contributed by atoms with Gasteiger partial charge in [-0.05, 0) is 104 Å². The Hall–Kier alpha value is -6.62. The Morgan fingerprint density at radius 2 is 0.692 bits per heavy atom. The Morgan fingerprint density at radius 3 is 1.31 bits per heavy atom. The maximum atomic E-state index is 6.84. The van der Waals surface area contributed by atoms with Crippen LogP contribution in [0.5, 0.6) is 23.0 Å². The molecule has 2 aliphatic heterocycles. The van der Waals surface area contributed by atoms with Crippen molar-refractivity contribution < 1.29 is 9.47 Å². The van der Waals surface area contributed by atoms with Gasteiger partial charge in [-0.3, -0.25) is 0 Å². The molecule has 10 rings (SSSR count). The standard InChI is InChI=1S/C48H33NO2Si/c1-4-14-34(15-5-1)36-24-27-39(28-25-36)49(38-18-8-3-9-19-38)40-29-31-44-48(33-40)52(46-23-13-11-21-42(46)51-44)45-22-12-10-20-41(45)50-43-30-26-37(32-47(43)52)35-16-6-2-7-17-35/h1-33H. The number of nitrogens with zero attached hydrogens (tertiary/aromatic N) is 1. The summed E-state index contributed by atoms with van der Waals surface area (Å²) in [6.45, 7) is 0. The SMILES string of the molecule is c1ccc(-c2ccc(N(c3ccccc3)c3ccc4c(c3)[Si]3(c5ccccc5Oc5ccc(-c6ccccc6)cc53)c3ccccc3O4)cc2)cc1. The van der Waals surface area contributed by atoms with E-state index in [-0.39, 0.29) is 0 Å². The van der Waals surface area contributed by atoms with Crippen LogP contribution in [0, 0.1) is 0 Å². The molecule has 2 heterocycles. The lowest BCUT2D eigenvalue weighted by Crippen LogP contribution is -2.77. The molecule has 1 spiro atoms. The molecule has 1 unspecified atom stereocenters. The van der Waals surface area contributed by atoms with Crippen LogP contribution < -0.4 is 35.1 Å². The van der Waals surface area contributed by atoms with Crippen molar-refractivity contribution in [3.8, 4) is 45.3 Å². The van der Waals surface area contributed by atoms with Gasteiger partial charge in [0.05, 0.1) is 0 Å². The fourth-order valence-electron chi connectivity index (χ4n) is 8.06. The molecule has 0 amide bonds. The van der Waals surface area contributed by atoms with Gasteiger partial charge in [0.25, 0.3) is 0 Å². The third kappa shape index (κ3) is 4.80. The maximum Gasteiger partial charge on any atom is 0.196 e. The molecule has 8 aromatic rings. The average Bonchev–Trinajstić information content (AvgIpc) is 3.22. The molecule has 0 radical (unpaired) electrons. The largest absolute Gasteiger partial charge is 0.458 e. The van der Waals surface area contributed by atoms with Crippen molar-refractivity contribution in [3.63, 3.8) is 0 Å². The van der Waals surface area contributed by atoms with Crippen LogP contribution in [0.2, 0.25) is 0 Å². The van der Waals surface area contributed by atoms with E-state index >= 15 is 0 Å². The summed E-state index contributed by atoms with van der Waals surface area (Å²) in [5, 5.41) is 4.87. The Bertz CT molecular complexity index is 2530. The van der Waals surface area contributed by atoms with Crippen LogP contribution in [0.15, 0.2) is 200 Å². The molecule has 0 fully saturated rings. The highest BCUT2D eigenvalue weighted by atomic mass is 28.3. The van der Waals surface area contributed by atoms with Gasteiger partial charge in [-0.1, -0.05) is 140 Å². The Labute approximate surface area is 304 Å². The highest BCUT2D eigenvalue weighted by molar-refractivity contribution is 7.21. The Morgan fingerprint density at radius 1 is 0.288 bits per heavy atom. The van der Waals surface area contributed by atoms with Crippen molar-refractivity contribution >= 4 is 45.9 Å². The molecule has 0 aliphatic carbocycles. The van der Waals surface area contributed by atoms with Gasteiger partial charge in [0.2, 0.25) is 0 Å². The number of para-hydroxylation sites is 3. The normalized spacial score (nSPS) is 14.9. The highest BCUT2D eigenvalue weighted by Gasteiger charge is 2.53. The first-order chi connectivity index (χ1) is 25.8. The smallest absolute Gasteiger partial charge is 0.196 e. The third-order valence-corrected chi connectivity index (χ3v) is 15.2. The van der Waals surface area contributed by atoms with Gasteiger partial charge >= 0.3 is 0 Å². The van der Waals surface area contributed by atoms with Crippen LogP contribution in [0.3, 0.4) is 0 Å². The van der Waals surface area contributed by atoms with E-state index < -0.39 is 8.07 Å². The minimum atomic E-state index is -3.03. The molecule has 0 saturated carbocycles. The lowest BCUT2D eigenvalue weighted by atomic mass is 10.0. The van der Waals surface area contributed by atoms with Crippen molar-refractivity contribution in [2.75, 3.05) is 4.90 Å². The Balaban J connectivity index is 1.23. The summed E-state index contributed by atoms with van der Waals surface area (Å²) in [4.78, 5) is 2.35. The van der Waals surface area contributed by atoms with Gasteiger partial charge in [-0.25, -0.2) is 0 Å². The van der Waals surface area contributed by atoms with Crippen LogP contribution >= 0.6 is 0 Å². The number of rotatable bonds is 5. The van der Waals surface area contributed by atoms with E-state index in [1.54, 1.807) is 0 Å². The van der Waals surface area contributed by atoms with E-state index in [4.69, 9.17) is 9.47 Å². The molecule has 8 aromatic carbocycles. The van der Waals surface area contributed by atoms with Gasteiger partial charge in [0.1, 0.15) is 23.0 Å². The van der Waals surface area contributed by atoms with Crippen molar-refractivity contribution in [2.24, 2.45) is 0 Å². The minimum absolute atomic E-state index is 0.884. The summed E-state index contributed by atoms with van der Waals surface area (Å²) >= 11 is 0. The van der Waals surface area contributed by atoms with Crippen LogP contribution in [0.1, 0.15) is 0 Å². The second kappa shape index (κ2) is 12.3. The third-order valence-electron chi connectivity index (χ3n) is 10.4. The molecule has 2 aliphatic rings. The zero-order valence-electron chi connectivity index (χ0n) is 28.3. The van der Waals surface area contributed by atoms with Crippen LogP contribution in [-0.4, -0.2) is 8.07 Å². The molecule has 0 saturated heterocycles. The monoisotopic (exact) mass is 683 g/mol. The number of ether oxygens (including phenoxy) is 2. The van der Waals surface area contributed by atoms with Crippen molar-refractivity contribution in [1.29, 1.82) is 0 Å². The van der Waals surface area contributed by atoms with Crippen molar-refractivity contribution in [3.05, 3.63) is 200 Å². The summed E-state index contributed by atoms with van der Waals surface area (Å²) < 4.78 is 13.6. The van der Waals surface area contributed by atoms with E-state index in [0.717, 1.165) is 40.1 Å². The quantitative estimate of drug-likeness (QED) is 0.169. The average molecular weight is 684 g/mol. The van der Waals surface area contributed by atoms with E-state index in [2.05, 4.69) is 205 Å². The van der Waals surface area contributed by atoms with Crippen LogP contribution in [0.4, 0.5) is 17.1 Å². The van der Waals surface area contributed by atoms with Gasteiger partial charge in [0.15, 0.2) is 8.07 Å². The molecule has 0 aromatic heterocycles. The number of hydrogen-bond donors (Lipinski definition) is 0. The lowest BCUT2D eigenvalue weighted by Gasteiger charge is -2.43. The first-order valence-electron chi connectivity index (χ1n) is 17.7. The summed E-state index contributed by atoms with van der Waals surface area (Å²) in [6, 6.07) is 71.3. The molecule has 1 atom stereocenters. The van der Waals surface area contributed by atoms with E-state index in [1.165, 1.54) is 43.0 Å². The van der Waals surface area contributed by atoms with Crippen molar-refractivity contribution in [1.82, 2.24) is 0 Å². The second-order valence-electron chi connectivity index (χ2n) is 13.3. The zero-order chi connectivity index (χ0) is 34.5. The van der Waals surface area contributed by atoms with E-state index in [9.17, 15) is 0 Å². The molecule has 246 valence electrons. The number of anilines is 3. The van der Waals surface area contributed by atoms with Crippen LogP contribution in [0.25, 0.3) is 22.3 Å². The summed E-state index contributed by atoms with van der Waals surface area (Å²) in [6.07, 6.45) is 0.